The molecular weight excluding hydrogens is 320 g/mol. The lowest BCUT2D eigenvalue weighted by Gasteiger charge is -2.16. The highest BCUT2D eigenvalue weighted by Gasteiger charge is 2.24. The minimum atomic E-state index is 0.0400. The highest BCUT2D eigenvalue weighted by Crippen LogP contribution is 2.28. The van der Waals surface area contributed by atoms with E-state index in [1.807, 2.05) is 59.5 Å². The molecule has 0 bridgehead atoms. The second-order valence-electron chi connectivity index (χ2n) is 5.89. The number of fused-ring (bicyclic) bond motifs is 1. The van der Waals surface area contributed by atoms with Crippen LogP contribution in [0.5, 0.6) is 0 Å². The van der Waals surface area contributed by atoms with Gasteiger partial charge in [-0.2, -0.15) is 0 Å². The van der Waals surface area contributed by atoms with E-state index < -0.39 is 0 Å². The van der Waals surface area contributed by atoms with Crippen molar-refractivity contribution in [3.63, 3.8) is 0 Å². The highest BCUT2D eigenvalue weighted by molar-refractivity contribution is 6.30. The molecule has 118 valence electrons. The second kappa shape index (κ2) is 6.10. The van der Waals surface area contributed by atoms with E-state index in [4.69, 9.17) is 11.6 Å². The Morgan fingerprint density at radius 2 is 1.71 bits per heavy atom. The Kier molecular flexibility index (Phi) is 3.79. The minimum absolute atomic E-state index is 0.0400. The maximum atomic E-state index is 12.9. The molecule has 1 amide bonds. The summed E-state index contributed by atoms with van der Waals surface area (Å²) in [5.41, 5.74) is 5.06. The first-order valence-corrected chi connectivity index (χ1v) is 8.15. The van der Waals surface area contributed by atoms with Gasteiger partial charge in [-0.15, -0.1) is 0 Å². The Morgan fingerprint density at radius 1 is 0.917 bits per heavy atom. The molecule has 2 heterocycles. The molecular formula is C20H15ClN2O. The van der Waals surface area contributed by atoms with Gasteiger partial charge in [-0.1, -0.05) is 29.8 Å². The van der Waals surface area contributed by atoms with Gasteiger partial charge in [0.05, 0.1) is 0 Å². The smallest absolute Gasteiger partial charge is 0.254 e. The summed E-state index contributed by atoms with van der Waals surface area (Å²) in [4.78, 5) is 18.8. The zero-order valence-electron chi connectivity index (χ0n) is 12.9. The quantitative estimate of drug-likeness (QED) is 0.688. The van der Waals surface area contributed by atoms with Gasteiger partial charge < -0.3 is 4.90 Å². The Morgan fingerprint density at radius 3 is 2.54 bits per heavy atom. The zero-order valence-corrected chi connectivity index (χ0v) is 13.7. The summed E-state index contributed by atoms with van der Waals surface area (Å²) in [5.74, 6) is 0.0400. The Bertz CT molecular complexity index is 909. The maximum Gasteiger partial charge on any atom is 0.254 e. The Labute approximate surface area is 145 Å². The standard InChI is InChI=1S/C20H15ClN2O/c21-19-5-4-17-12-23(13-18(17)11-19)20(24)16-3-1-2-15(10-16)14-6-8-22-9-7-14/h1-11H,12-13H2. The number of amides is 1. The first kappa shape index (κ1) is 14.9. The SMILES string of the molecule is O=C(c1cccc(-c2ccncc2)c1)N1Cc2ccc(Cl)cc2C1. The van der Waals surface area contributed by atoms with Crippen LogP contribution in [-0.2, 0) is 13.1 Å². The zero-order chi connectivity index (χ0) is 16.5. The van der Waals surface area contributed by atoms with E-state index in [0.717, 1.165) is 22.3 Å². The number of hydrogen-bond acceptors (Lipinski definition) is 2. The van der Waals surface area contributed by atoms with Crippen molar-refractivity contribution < 1.29 is 4.79 Å². The normalized spacial score (nSPS) is 13.0. The van der Waals surface area contributed by atoms with Crippen molar-refractivity contribution in [1.29, 1.82) is 0 Å². The predicted molar refractivity (Wildman–Crippen MR) is 94.7 cm³/mol. The van der Waals surface area contributed by atoms with Crippen molar-refractivity contribution in [2.24, 2.45) is 0 Å². The number of aromatic nitrogens is 1. The number of benzene rings is 2. The van der Waals surface area contributed by atoms with Crippen molar-refractivity contribution in [2.45, 2.75) is 13.1 Å². The predicted octanol–water partition coefficient (Wildman–Crippen LogP) is 4.56. The van der Waals surface area contributed by atoms with Gasteiger partial charge in [0, 0.05) is 36.1 Å². The van der Waals surface area contributed by atoms with Gasteiger partial charge in [-0.3, -0.25) is 9.78 Å². The highest BCUT2D eigenvalue weighted by atomic mass is 35.5. The van der Waals surface area contributed by atoms with Gasteiger partial charge in [0.15, 0.2) is 0 Å². The molecule has 0 fully saturated rings. The fourth-order valence-corrected chi connectivity index (χ4v) is 3.26. The average Bonchev–Trinajstić information content (AvgIpc) is 3.05. The first-order chi connectivity index (χ1) is 11.7. The molecule has 2 aromatic carbocycles. The summed E-state index contributed by atoms with van der Waals surface area (Å²) in [6, 6.07) is 17.4. The molecule has 0 aliphatic carbocycles. The van der Waals surface area contributed by atoms with Crippen molar-refractivity contribution in [1.82, 2.24) is 9.88 Å². The van der Waals surface area contributed by atoms with Gasteiger partial charge in [-0.05, 0) is 58.7 Å². The van der Waals surface area contributed by atoms with E-state index in [9.17, 15) is 4.79 Å². The summed E-state index contributed by atoms with van der Waals surface area (Å²) in [6.45, 7) is 1.24. The number of hydrogen-bond donors (Lipinski definition) is 0. The van der Waals surface area contributed by atoms with Crippen molar-refractivity contribution in [2.75, 3.05) is 0 Å². The van der Waals surface area contributed by atoms with Crippen LogP contribution in [0.25, 0.3) is 11.1 Å². The van der Waals surface area contributed by atoms with Gasteiger partial charge in [0.2, 0.25) is 0 Å². The van der Waals surface area contributed by atoms with Crippen molar-refractivity contribution in [3.05, 3.63) is 88.7 Å². The fraction of sp³-hybridized carbons (Fsp3) is 0.100. The molecule has 0 saturated heterocycles. The van der Waals surface area contributed by atoms with Crippen LogP contribution in [0, 0.1) is 0 Å². The minimum Gasteiger partial charge on any atom is -0.330 e. The van der Waals surface area contributed by atoms with E-state index >= 15 is 0 Å². The molecule has 24 heavy (non-hydrogen) atoms. The lowest BCUT2D eigenvalue weighted by atomic mass is 10.0. The lowest BCUT2D eigenvalue weighted by molar-refractivity contribution is 0.0751. The summed E-state index contributed by atoms with van der Waals surface area (Å²) in [5, 5.41) is 0.711. The summed E-state index contributed by atoms with van der Waals surface area (Å²) in [6.07, 6.45) is 3.51. The number of rotatable bonds is 2. The molecule has 0 unspecified atom stereocenters. The molecule has 1 aliphatic rings. The van der Waals surface area contributed by atoms with Gasteiger partial charge in [0.25, 0.3) is 5.91 Å². The number of pyridine rings is 1. The van der Waals surface area contributed by atoms with Crippen LogP contribution < -0.4 is 0 Å². The third-order valence-electron chi connectivity index (χ3n) is 4.30. The van der Waals surface area contributed by atoms with E-state index in [0.29, 0.717) is 23.7 Å². The number of carbonyl (C=O) groups excluding carboxylic acids is 1. The molecule has 0 N–H and O–H groups in total. The van der Waals surface area contributed by atoms with Crippen molar-refractivity contribution >= 4 is 17.5 Å². The third kappa shape index (κ3) is 2.79. The summed E-state index contributed by atoms with van der Waals surface area (Å²) >= 11 is 6.05. The van der Waals surface area contributed by atoms with Gasteiger partial charge in [0.1, 0.15) is 0 Å². The third-order valence-corrected chi connectivity index (χ3v) is 4.54. The van der Waals surface area contributed by atoms with Crippen LogP contribution in [-0.4, -0.2) is 15.8 Å². The van der Waals surface area contributed by atoms with Gasteiger partial charge >= 0.3 is 0 Å². The Balaban J connectivity index is 1.60. The van der Waals surface area contributed by atoms with E-state index in [-0.39, 0.29) is 5.91 Å². The first-order valence-electron chi connectivity index (χ1n) is 7.78. The molecule has 1 aliphatic heterocycles. The summed E-state index contributed by atoms with van der Waals surface area (Å²) < 4.78 is 0. The molecule has 3 aromatic rings. The molecule has 4 rings (SSSR count). The number of nitrogens with zero attached hydrogens (tertiary/aromatic N) is 2. The maximum absolute atomic E-state index is 12.9. The van der Waals surface area contributed by atoms with E-state index in [2.05, 4.69) is 4.98 Å². The van der Waals surface area contributed by atoms with E-state index in [1.54, 1.807) is 12.4 Å². The summed E-state index contributed by atoms with van der Waals surface area (Å²) in [7, 11) is 0. The lowest BCUT2D eigenvalue weighted by Crippen LogP contribution is -2.25. The van der Waals surface area contributed by atoms with Crippen LogP contribution in [0.3, 0.4) is 0 Å². The van der Waals surface area contributed by atoms with Crippen LogP contribution in [0.1, 0.15) is 21.5 Å². The Hall–Kier alpha value is -2.65. The second-order valence-corrected chi connectivity index (χ2v) is 6.33. The van der Waals surface area contributed by atoms with Gasteiger partial charge in [-0.25, -0.2) is 0 Å². The molecule has 0 saturated carbocycles. The van der Waals surface area contributed by atoms with Crippen LogP contribution in [0.4, 0.5) is 0 Å². The topological polar surface area (TPSA) is 33.2 Å². The molecule has 4 heteroatoms. The fourth-order valence-electron chi connectivity index (χ4n) is 3.07. The van der Waals surface area contributed by atoms with E-state index in [1.165, 1.54) is 0 Å². The van der Waals surface area contributed by atoms with Crippen LogP contribution in [0.2, 0.25) is 5.02 Å². The molecule has 1 aromatic heterocycles. The monoisotopic (exact) mass is 334 g/mol. The number of halogens is 1. The number of carbonyl (C=O) groups is 1. The molecule has 0 spiro atoms. The van der Waals surface area contributed by atoms with Crippen LogP contribution in [0.15, 0.2) is 67.0 Å². The molecule has 0 radical (unpaired) electrons. The van der Waals surface area contributed by atoms with Crippen molar-refractivity contribution in [3.8, 4) is 11.1 Å². The largest absolute Gasteiger partial charge is 0.330 e. The van der Waals surface area contributed by atoms with Crippen LogP contribution >= 0.6 is 11.6 Å². The molecule has 0 atom stereocenters. The molecule has 3 nitrogen and oxygen atoms in total. The average molecular weight is 335 g/mol.